The molecule has 25 heavy (non-hydrogen) atoms. The molecular formula is C22H29N2O+. The van der Waals surface area contributed by atoms with E-state index in [0.717, 1.165) is 22.7 Å². The molecule has 3 heteroatoms. The molecule has 1 fully saturated rings. The number of para-hydroxylation sites is 1. The molecule has 0 heterocycles. The summed E-state index contributed by atoms with van der Waals surface area (Å²) in [5.41, 5.74) is 3.07. The monoisotopic (exact) mass is 337 g/mol. The van der Waals surface area contributed by atoms with Gasteiger partial charge in [-0.25, -0.2) is 0 Å². The fraction of sp³-hybridized carbons (Fsp3) is 0.409. The van der Waals surface area contributed by atoms with Crippen molar-refractivity contribution >= 4 is 11.6 Å². The fourth-order valence-corrected chi connectivity index (χ4v) is 3.88. The van der Waals surface area contributed by atoms with Gasteiger partial charge in [0.1, 0.15) is 0 Å². The van der Waals surface area contributed by atoms with Crippen LogP contribution in [0.25, 0.3) is 11.1 Å². The Morgan fingerprint density at radius 3 is 2.56 bits per heavy atom. The first-order chi connectivity index (χ1) is 12.1. The molecule has 0 bridgehead atoms. The topological polar surface area (TPSA) is 45.7 Å². The van der Waals surface area contributed by atoms with Crippen molar-refractivity contribution < 1.29 is 10.1 Å². The second-order valence-corrected chi connectivity index (χ2v) is 7.33. The van der Waals surface area contributed by atoms with E-state index >= 15 is 0 Å². The predicted octanol–water partition coefficient (Wildman–Crippen LogP) is 3.68. The van der Waals surface area contributed by atoms with Crippen LogP contribution in [0.4, 0.5) is 5.69 Å². The molecule has 0 aromatic heterocycles. The number of amides is 1. The molecule has 0 spiro atoms. The second-order valence-electron chi connectivity index (χ2n) is 7.33. The number of carbonyl (C=O) groups is 1. The van der Waals surface area contributed by atoms with Gasteiger partial charge < -0.3 is 10.6 Å². The van der Waals surface area contributed by atoms with E-state index < -0.39 is 0 Å². The van der Waals surface area contributed by atoms with Gasteiger partial charge in [-0.1, -0.05) is 62.4 Å². The van der Waals surface area contributed by atoms with Gasteiger partial charge in [0.25, 0.3) is 5.91 Å². The molecule has 1 saturated carbocycles. The molecule has 3 atom stereocenters. The SMILES string of the molecule is C[C@H]1[C@@H]([NH2+]CC(=O)Nc2ccccc2-c2ccccc2)CCC[C@@H]1C. The fourth-order valence-electron chi connectivity index (χ4n) is 3.88. The zero-order valence-corrected chi connectivity index (χ0v) is 15.2. The lowest BCUT2D eigenvalue weighted by Crippen LogP contribution is -2.93. The van der Waals surface area contributed by atoms with Crippen molar-refractivity contribution in [2.24, 2.45) is 11.8 Å². The van der Waals surface area contributed by atoms with Crippen molar-refractivity contribution in [3.8, 4) is 11.1 Å². The van der Waals surface area contributed by atoms with Crippen LogP contribution < -0.4 is 10.6 Å². The third-order valence-electron chi connectivity index (χ3n) is 5.66. The van der Waals surface area contributed by atoms with Crippen LogP contribution in [-0.2, 0) is 4.79 Å². The Hall–Kier alpha value is -2.13. The Bertz CT molecular complexity index is 698. The summed E-state index contributed by atoms with van der Waals surface area (Å²) in [6.45, 7) is 5.15. The summed E-state index contributed by atoms with van der Waals surface area (Å²) in [4.78, 5) is 12.5. The molecule has 3 N–H and O–H groups in total. The number of anilines is 1. The Morgan fingerprint density at radius 1 is 1.04 bits per heavy atom. The summed E-state index contributed by atoms with van der Waals surface area (Å²) >= 11 is 0. The van der Waals surface area contributed by atoms with E-state index in [1.54, 1.807) is 0 Å². The summed E-state index contributed by atoms with van der Waals surface area (Å²) < 4.78 is 0. The maximum absolute atomic E-state index is 12.5. The number of hydrogen-bond acceptors (Lipinski definition) is 1. The van der Waals surface area contributed by atoms with Gasteiger partial charge in [-0.15, -0.1) is 0 Å². The molecule has 0 saturated heterocycles. The predicted molar refractivity (Wildman–Crippen MR) is 103 cm³/mol. The van der Waals surface area contributed by atoms with Gasteiger partial charge >= 0.3 is 0 Å². The molecule has 0 radical (unpaired) electrons. The van der Waals surface area contributed by atoms with Gasteiger partial charge in [-0.3, -0.25) is 4.79 Å². The van der Waals surface area contributed by atoms with Crippen molar-refractivity contribution in [3.05, 3.63) is 54.6 Å². The first-order valence-corrected chi connectivity index (χ1v) is 9.43. The minimum Gasteiger partial charge on any atom is -0.336 e. The van der Waals surface area contributed by atoms with Gasteiger partial charge in [-0.05, 0) is 36.8 Å². The Kier molecular flexibility index (Phi) is 5.87. The smallest absolute Gasteiger partial charge is 0.279 e. The Balaban J connectivity index is 1.62. The Labute approximate surface area is 150 Å². The zero-order valence-electron chi connectivity index (χ0n) is 15.2. The van der Waals surface area contributed by atoms with Crippen LogP contribution in [0.15, 0.2) is 54.6 Å². The maximum Gasteiger partial charge on any atom is 0.279 e. The first kappa shape index (κ1) is 17.7. The lowest BCUT2D eigenvalue weighted by Gasteiger charge is -2.31. The van der Waals surface area contributed by atoms with E-state index in [1.165, 1.54) is 19.3 Å². The van der Waals surface area contributed by atoms with Crippen LogP contribution >= 0.6 is 0 Å². The second kappa shape index (κ2) is 8.30. The molecule has 1 amide bonds. The van der Waals surface area contributed by atoms with E-state index in [2.05, 4.69) is 42.7 Å². The average Bonchev–Trinajstić information content (AvgIpc) is 2.64. The summed E-state index contributed by atoms with van der Waals surface area (Å²) in [6, 6.07) is 18.8. The number of rotatable bonds is 5. The highest BCUT2D eigenvalue weighted by Gasteiger charge is 2.29. The molecule has 0 aliphatic heterocycles. The zero-order chi connectivity index (χ0) is 17.6. The van der Waals surface area contributed by atoms with Crippen LogP contribution in [0.1, 0.15) is 33.1 Å². The summed E-state index contributed by atoms with van der Waals surface area (Å²) in [7, 11) is 0. The molecule has 2 aromatic rings. The average molecular weight is 337 g/mol. The highest BCUT2D eigenvalue weighted by Crippen LogP contribution is 2.28. The minimum absolute atomic E-state index is 0.0776. The quantitative estimate of drug-likeness (QED) is 0.859. The highest BCUT2D eigenvalue weighted by molar-refractivity contribution is 5.95. The summed E-state index contributed by atoms with van der Waals surface area (Å²) in [6.07, 6.45) is 3.83. The van der Waals surface area contributed by atoms with E-state index in [9.17, 15) is 4.79 Å². The highest BCUT2D eigenvalue weighted by atomic mass is 16.1. The number of quaternary nitrogens is 1. The van der Waals surface area contributed by atoms with Crippen LogP contribution in [0.3, 0.4) is 0 Å². The largest absolute Gasteiger partial charge is 0.336 e. The number of nitrogens with two attached hydrogens (primary N) is 1. The number of benzene rings is 2. The molecular weight excluding hydrogens is 308 g/mol. The van der Waals surface area contributed by atoms with Crippen LogP contribution in [-0.4, -0.2) is 18.5 Å². The van der Waals surface area contributed by atoms with Crippen LogP contribution in [0, 0.1) is 11.8 Å². The molecule has 2 aromatic carbocycles. The standard InChI is InChI=1S/C22H28N2O/c1-16-9-8-14-20(17(16)2)23-15-22(25)24-21-13-7-6-12-19(21)18-10-4-3-5-11-18/h3-7,10-13,16-17,20,23H,8-9,14-15H2,1-2H3,(H,24,25)/p+1/t16-,17+,20-/m0/s1. The lowest BCUT2D eigenvalue weighted by atomic mass is 9.78. The van der Waals surface area contributed by atoms with Crippen molar-refractivity contribution in [1.82, 2.24) is 0 Å². The van der Waals surface area contributed by atoms with Crippen molar-refractivity contribution in [1.29, 1.82) is 0 Å². The molecule has 1 aliphatic carbocycles. The number of carbonyl (C=O) groups excluding carboxylic acids is 1. The normalized spacial score (nSPS) is 23.2. The van der Waals surface area contributed by atoms with Crippen molar-refractivity contribution in [2.75, 3.05) is 11.9 Å². The van der Waals surface area contributed by atoms with Gasteiger partial charge in [0.15, 0.2) is 6.54 Å². The van der Waals surface area contributed by atoms with Crippen LogP contribution in [0.2, 0.25) is 0 Å². The van der Waals surface area contributed by atoms with Crippen LogP contribution in [0.5, 0.6) is 0 Å². The van der Waals surface area contributed by atoms with Crippen molar-refractivity contribution in [2.45, 2.75) is 39.2 Å². The number of nitrogens with one attached hydrogen (secondary N) is 1. The number of hydrogen-bond donors (Lipinski definition) is 2. The first-order valence-electron chi connectivity index (χ1n) is 9.43. The van der Waals surface area contributed by atoms with Gasteiger partial charge in [0.2, 0.25) is 0 Å². The lowest BCUT2D eigenvalue weighted by molar-refractivity contribution is -0.688. The van der Waals surface area contributed by atoms with Gasteiger partial charge in [-0.2, -0.15) is 0 Å². The van der Waals surface area contributed by atoms with E-state index in [4.69, 9.17) is 0 Å². The maximum atomic E-state index is 12.5. The van der Waals surface area contributed by atoms with E-state index in [0.29, 0.717) is 18.5 Å². The third-order valence-corrected chi connectivity index (χ3v) is 5.66. The molecule has 3 nitrogen and oxygen atoms in total. The van der Waals surface area contributed by atoms with Gasteiger partial charge in [0, 0.05) is 17.2 Å². The minimum atomic E-state index is 0.0776. The summed E-state index contributed by atoms with van der Waals surface area (Å²) in [5, 5.41) is 5.34. The van der Waals surface area contributed by atoms with Crippen molar-refractivity contribution in [3.63, 3.8) is 0 Å². The Morgan fingerprint density at radius 2 is 1.76 bits per heavy atom. The molecule has 3 rings (SSSR count). The molecule has 1 aliphatic rings. The van der Waals surface area contributed by atoms with E-state index in [1.807, 2.05) is 36.4 Å². The third kappa shape index (κ3) is 4.49. The van der Waals surface area contributed by atoms with Gasteiger partial charge in [0.05, 0.1) is 6.04 Å². The van der Waals surface area contributed by atoms with E-state index in [-0.39, 0.29) is 5.91 Å². The molecule has 132 valence electrons. The summed E-state index contributed by atoms with van der Waals surface area (Å²) in [5.74, 6) is 1.52. The molecule has 0 unspecified atom stereocenters.